The normalized spacial score (nSPS) is 14.0. The van der Waals surface area contributed by atoms with Gasteiger partial charge in [-0.15, -0.1) is 0 Å². The van der Waals surface area contributed by atoms with E-state index in [0.717, 1.165) is 0 Å². The van der Waals surface area contributed by atoms with Crippen LogP contribution in [0.1, 0.15) is 0 Å². The van der Waals surface area contributed by atoms with Crippen molar-refractivity contribution in [2.45, 2.75) is 23.1 Å². The fourth-order valence-corrected chi connectivity index (χ4v) is 0.669. The van der Waals surface area contributed by atoms with Crippen LogP contribution in [0.3, 0.4) is 0 Å². The first-order valence-electron chi connectivity index (χ1n) is 6.20. The third kappa shape index (κ3) is 14.1. The van der Waals surface area contributed by atoms with E-state index >= 15 is 0 Å². The molecule has 0 amide bonds. The average Bonchev–Trinajstić information content (AvgIpc) is 2.58. The average molecular weight is 585 g/mol. The molecule has 0 N–H and O–H groups in total. The van der Waals surface area contributed by atoms with Crippen molar-refractivity contribution in [3.05, 3.63) is 48.5 Å². The van der Waals surface area contributed by atoms with E-state index in [1.807, 2.05) is 0 Å². The van der Waals surface area contributed by atoms with Crippen molar-refractivity contribution in [2.24, 2.45) is 0 Å². The minimum Gasteiger partial charge on any atom is -0.400 e. The van der Waals surface area contributed by atoms with Gasteiger partial charge in [-0.2, -0.15) is 79.0 Å². The zero-order valence-electron chi connectivity index (χ0n) is 13.9. The Morgan fingerprint density at radius 1 is 0.594 bits per heavy atom. The van der Waals surface area contributed by atoms with E-state index in [1.54, 1.807) is 0 Å². The molecule has 0 fully saturated rings. The van der Waals surface area contributed by atoms with E-state index in [1.165, 1.54) is 15.9 Å². The molecule has 0 radical (unpaired) electrons. The van der Waals surface area contributed by atoms with Crippen molar-refractivity contribution in [3.63, 3.8) is 0 Å². The highest BCUT2D eigenvalue weighted by Gasteiger charge is 2.51. The van der Waals surface area contributed by atoms with Gasteiger partial charge in [0.1, 0.15) is 0 Å². The number of allylic oxidation sites excluding steroid dienone is 3. The Morgan fingerprint density at radius 2 is 0.844 bits per heavy atom. The molecule has 0 aromatic heterocycles. The summed E-state index contributed by atoms with van der Waals surface area (Å²) >= 11 is 1.51. The number of hydrogen-bond donors (Lipinski definition) is 0. The van der Waals surface area contributed by atoms with Gasteiger partial charge in [0.05, 0.1) is 0 Å². The van der Waals surface area contributed by atoms with Gasteiger partial charge in [0.25, 0.3) is 11.7 Å². The fraction of sp³-hybridized carbons (Fsp3) is 0.333. The molecule has 0 unspecified atom stereocenters. The highest BCUT2D eigenvalue weighted by Crippen LogP contribution is 2.39. The van der Waals surface area contributed by atoms with Crippen LogP contribution in [0.2, 0.25) is 0 Å². The molecule has 0 aliphatic rings. The molecule has 0 atom stereocenters. The summed E-state index contributed by atoms with van der Waals surface area (Å²) in [5.41, 5.74) is 0. The van der Waals surface area contributed by atoms with Gasteiger partial charge in [-0.05, 0) is 22.0 Å². The Hall–Kier alpha value is -2.02. The van der Waals surface area contributed by atoms with Crippen LogP contribution in [0.5, 0.6) is 0 Å². The van der Waals surface area contributed by atoms with Gasteiger partial charge in [-0.25, -0.2) is 0 Å². The van der Waals surface area contributed by atoms with Gasteiger partial charge < -0.3 is 4.74 Å². The molecule has 0 bridgehead atoms. The van der Waals surface area contributed by atoms with Gasteiger partial charge in [0.15, 0.2) is 0 Å². The maximum atomic E-state index is 12.0. The SMILES string of the molecule is C=CC(F)(F)C(F)(F)Br.FC(F)=C(F)F.FC(OC(F)=C(F)C(F)(F)F)=C(F)C(F)(F)F. The number of alkyl halides is 11. The summed E-state index contributed by atoms with van der Waals surface area (Å²) in [4.78, 5) is -4.19. The van der Waals surface area contributed by atoms with Crippen LogP contribution >= 0.6 is 15.9 Å². The number of rotatable bonds is 4. The molecule has 0 rings (SSSR count). The maximum Gasteiger partial charge on any atom is 0.449 e. The van der Waals surface area contributed by atoms with Crippen LogP contribution in [-0.4, -0.2) is 23.1 Å². The zero-order valence-corrected chi connectivity index (χ0v) is 15.5. The van der Waals surface area contributed by atoms with Gasteiger partial charge >= 0.3 is 47.3 Å². The quantitative estimate of drug-likeness (QED) is 0.139. The second-order valence-electron chi connectivity index (χ2n) is 4.12. The lowest BCUT2D eigenvalue weighted by atomic mass is 10.3. The van der Waals surface area contributed by atoms with Crippen LogP contribution in [-0.2, 0) is 4.74 Å². The van der Waals surface area contributed by atoms with E-state index in [9.17, 15) is 79.0 Å². The maximum absolute atomic E-state index is 12.0. The standard InChI is InChI=1S/C6F10O.C4H3BrF4.C2F4/c7-1(5(11,12)13)3(9)17-4(10)2(8)6(14,15)16;1-2-3(6,7)4(5,8)9;3-1(4)2(5)6/h;2H,1H2;. The van der Waals surface area contributed by atoms with Gasteiger partial charge in [-0.3, -0.25) is 0 Å². The predicted octanol–water partition coefficient (Wildman–Crippen LogP) is 9.13. The lowest BCUT2D eigenvalue weighted by molar-refractivity contribution is -0.121. The van der Waals surface area contributed by atoms with Gasteiger partial charge in [-0.1, -0.05) is 6.58 Å². The molecule has 190 valence electrons. The van der Waals surface area contributed by atoms with E-state index in [0.29, 0.717) is 0 Å². The number of ether oxygens (including phenoxy) is 1. The van der Waals surface area contributed by atoms with Crippen LogP contribution in [0.4, 0.5) is 79.0 Å². The first-order chi connectivity index (χ1) is 13.8. The van der Waals surface area contributed by atoms with Crippen LogP contribution < -0.4 is 0 Å². The summed E-state index contributed by atoms with van der Waals surface area (Å²) in [6, 6.07) is -6.76. The lowest BCUT2D eigenvalue weighted by Gasteiger charge is -2.16. The smallest absolute Gasteiger partial charge is 0.400 e. The van der Waals surface area contributed by atoms with Crippen molar-refractivity contribution in [3.8, 4) is 0 Å². The zero-order chi connectivity index (χ0) is 26.9. The Labute approximate surface area is 172 Å². The predicted molar refractivity (Wildman–Crippen MR) is 72.2 cm³/mol. The van der Waals surface area contributed by atoms with E-state index in [4.69, 9.17) is 0 Å². The minimum atomic E-state index is -5.95. The van der Waals surface area contributed by atoms with Crippen LogP contribution in [0.25, 0.3) is 0 Å². The first-order valence-corrected chi connectivity index (χ1v) is 6.99. The van der Waals surface area contributed by atoms with E-state index < -0.39 is 58.9 Å². The minimum absolute atomic E-state index is 0.109. The Balaban J connectivity index is -0.000000466. The highest BCUT2D eigenvalue weighted by atomic mass is 79.9. The molecule has 0 saturated carbocycles. The van der Waals surface area contributed by atoms with Crippen LogP contribution in [0, 0.1) is 0 Å². The second-order valence-corrected chi connectivity index (χ2v) is 5.11. The molecule has 0 spiro atoms. The van der Waals surface area contributed by atoms with Gasteiger partial charge in [0.2, 0.25) is 0 Å². The van der Waals surface area contributed by atoms with Crippen molar-refractivity contribution >= 4 is 15.9 Å². The molecular weight excluding hydrogens is 582 g/mol. The monoisotopic (exact) mass is 584 g/mol. The number of hydrogen-bond acceptors (Lipinski definition) is 1. The van der Waals surface area contributed by atoms with Crippen molar-refractivity contribution in [1.82, 2.24) is 0 Å². The van der Waals surface area contributed by atoms with Crippen LogP contribution in [0.15, 0.2) is 48.5 Å². The molecule has 0 aliphatic carbocycles. The molecule has 20 heteroatoms. The first kappa shape index (κ1) is 34.6. The highest BCUT2D eigenvalue weighted by molar-refractivity contribution is 9.10. The summed E-state index contributed by atoms with van der Waals surface area (Å²) in [7, 11) is 0. The topological polar surface area (TPSA) is 9.23 Å². The molecule has 0 saturated heterocycles. The lowest BCUT2D eigenvalue weighted by Crippen LogP contribution is -2.32. The number of halogens is 19. The fourth-order valence-electron chi connectivity index (χ4n) is 0.507. The molecule has 32 heavy (non-hydrogen) atoms. The van der Waals surface area contributed by atoms with E-state index in [2.05, 4.69) is 11.3 Å². The van der Waals surface area contributed by atoms with Crippen molar-refractivity contribution in [1.29, 1.82) is 0 Å². The molecule has 0 heterocycles. The van der Waals surface area contributed by atoms with Crippen molar-refractivity contribution < 1.29 is 83.8 Å². The molecular formula is C12H3BrF18O. The molecule has 0 aromatic rings. The summed E-state index contributed by atoms with van der Waals surface area (Å²) in [6.45, 7) is 2.54. The molecule has 0 aliphatic heterocycles. The third-order valence-corrected chi connectivity index (χ3v) is 2.33. The molecule has 1 nitrogen and oxygen atoms in total. The van der Waals surface area contributed by atoms with E-state index in [-0.39, 0.29) is 6.08 Å². The Kier molecular flexibility index (Phi) is 13.9. The molecule has 0 aromatic carbocycles. The Bertz CT molecular complexity index is 655. The summed E-state index contributed by atoms with van der Waals surface area (Å²) in [5, 5.41) is 0. The third-order valence-electron chi connectivity index (χ3n) is 1.80. The Morgan fingerprint density at radius 3 is 0.938 bits per heavy atom. The second kappa shape index (κ2) is 12.9. The summed E-state index contributed by atoms with van der Waals surface area (Å²) in [6.07, 6.45) is -17.8. The van der Waals surface area contributed by atoms with Gasteiger partial charge in [0, 0.05) is 0 Å². The van der Waals surface area contributed by atoms with Crippen molar-refractivity contribution in [2.75, 3.05) is 0 Å². The summed E-state index contributed by atoms with van der Waals surface area (Å²) in [5.74, 6) is -11.4. The summed E-state index contributed by atoms with van der Waals surface area (Å²) < 4.78 is 206. The largest absolute Gasteiger partial charge is 0.449 e.